The molecule has 0 aliphatic carbocycles. The summed E-state index contributed by atoms with van der Waals surface area (Å²) in [5.74, 6) is 0.606. The SMILES string of the molecule is CNC(=O)c1ccc(Nc2nc3ccccc3n2CCCO)cc1. The fraction of sp³-hybridized carbons (Fsp3) is 0.222. The van der Waals surface area contributed by atoms with Gasteiger partial charge in [-0.25, -0.2) is 4.98 Å². The number of rotatable bonds is 6. The Labute approximate surface area is 140 Å². The van der Waals surface area contributed by atoms with E-state index in [1.165, 1.54) is 0 Å². The summed E-state index contributed by atoms with van der Waals surface area (Å²) in [4.78, 5) is 16.2. The van der Waals surface area contributed by atoms with Crippen molar-refractivity contribution in [3.8, 4) is 0 Å². The second-order valence-electron chi connectivity index (χ2n) is 5.43. The Balaban J connectivity index is 1.90. The van der Waals surface area contributed by atoms with Crippen molar-refractivity contribution in [1.29, 1.82) is 0 Å². The molecule has 124 valence electrons. The fourth-order valence-electron chi connectivity index (χ4n) is 2.60. The molecule has 24 heavy (non-hydrogen) atoms. The van der Waals surface area contributed by atoms with Crippen LogP contribution in [0.4, 0.5) is 11.6 Å². The first-order chi connectivity index (χ1) is 11.7. The lowest BCUT2D eigenvalue weighted by atomic mass is 10.2. The van der Waals surface area contributed by atoms with Gasteiger partial charge in [0.05, 0.1) is 11.0 Å². The molecule has 3 rings (SSSR count). The summed E-state index contributed by atoms with van der Waals surface area (Å²) in [5, 5.41) is 15.0. The number of anilines is 2. The molecule has 1 aromatic heterocycles. The highest BCUT2D eigenvalue weighted by Gasteiger charge is 2.10. The number of fused-ring (bicyclic) bond motifs is 1. The van der Waals surface area contributed by atoms with Gasteiger partial charge in [0.1, 0.15) is 0 Å². The number of aliphatic hydroxyl groups is 1. The van der Waals surface area contributed by atoms with Gasteiger partial charge in [-0.15, -0.1) is 0 Å². The zero-order valence-corrected chi connectivity index (χ0v) is 13.5. The number of nitrogens with zero attached hydrogens (tertiary/aromatic N) is 2. The molecule has 0 spiro atoms. The van der Waals surface area contributed by atoms with Gasteiger partial charge in [-0.2, -0.15) is 0 Å². The van der Waals surface area contributed by atoms with Crippen LogP contribution in [0.25, 0.3) is 11.0 Å². The lowest BCUT2D eigenvalue weighted by molar-refractivity contribution is 0.0963. The number of hydrogen-bond donors (Lipinski definition) is 3. The number of imidazole rings is 1. The summed E-state index contributed by atoms with van der Waals surface area (Å²) >= 11 is 0. The van der Waals surface area contributed by atoms with Crippen LogP contribution in [-0.2, 0) is 6.54 Å². The van der Waals surface area contributed by atoms with Crippen LogP contribution in [-0.4, -0.2) is 34.2 Å². The van der Waals surface area contributed by atoms with E-state index in [-0.39, 0.29) is 12.5 Å². The van der Waals surface area contributed by atoms with Crippen molar-refractivity contribution >= 4 is 28.6 Å². The smallest absolute Gasteiger partial charge is 0.251 e. The molecule has 0 saturated heterocycles. The second kappa shape index (κ2) is 7.14. The van der Waals surface area contributed by atoms with E-state index < -0.39 is 0 Å². The van der Waals surface area contributed by atoms with Crippen molar-refractivity contribution in [3.63, 3.8) is 0 Å². The zero-order chi connectivity index (χ0) is 16.9. The van der Waals surface area contributed by atoms with Crippen LogP contribution in [0, 0.1) is 0 Å². The van der Waals surface area contributed by atoms with Crippen LogP contribution >= 0.6 is 0 Å². The van der Waals surface area contributed by atoms with Crippen molar-refractivity contribution in [2.45, 2.75) is 13.0 Å². The summed E-state index contributed by atoms with van der Waals surface area (Å²) in [6.07, 6.45) is 0.657. The van der Waals surface area contributed by atoms with Crippen LogP contribution in [0.3, 0.4) is 0 Å². The minimum atomic E-state index is -0.114. The number of carbonyl (C=O) groups is 1. The van der Waals surface area contributed by atoms with Gasteiger partial charge in [0.2, 0.25) is 5.95 Å². The van der Waals surface area contributed by atoms with E-state index in [1.54, 1.807) is 19.2 Å². The third kappa shape index (κ3) is 3.23. The molecule has 0 saturated carbocycles. The molecular formula is C18H20N4O2. The third-order valence-corrected chi connectivity index (χ3v) is 3.82. The summed E-state index contributed by atoms with van der Waals surface area (Å²) in [6, 6.07) is 15.1. The summed E-state index contributed by atoms with van der Waals surface area (Å²) < 4.78 is 2.05. The van der Waals surface area contributed by atoms with Gasteiger partial charge in [0.15, 0.2) is 0 Å². The molecule has 3 N–H and O–H groups in total. The lowest BCUT2D eigenvalue weighted by Crippen LogP contribution is -2.17. The molecule has 6 heteroatoms. The predicted octanol–water partition coefficient (Wildman–Crippen LogP) is 2.52. The van der Waals surface area contributed by atoms with Gasteiger partial charge < -0.3 is 20.3 Å². The Bertz CT molecular complexity index is 840. The highest BCUT2D eigenvalue weighted by atomic mass is 16.3. The van der Waals surface area contributed by atoms with Gasteiger partial charge >= 0.3 is 0 Å². The normalized spacial score (nSPS) is 10.8. The summed E-state index contributed by atoms with van der Waals surface area (Å²) in [6.45, 7) is 0.808. The Hall–Kier alpha value is -2.86. The molecule has 0 atom stereocenters. The molecule has 1 amide bonds. The van der Waals surface area contributed by atoms with E-state index >= 15 is 0 Å². The van der Waals surface area contributed by atoms with Gasteiger partial charge in [-0.3, -0.25) is 4.79 Å². The number of aryl methyl sites for hydroxylation is 1. The number of para-hydroxylation sites is 2. The molecule has 3 aromatic rings. The highest BCUT2D eigenvalue weighted by Crippen LogP contribution is 2.23. The van der Waals surface area contributed by atoms with E-state index in [4.69, 9.17) is 5.11 Å². The van der Waals surface area contributed by atoms with Crippen LogP contribution in [0.15, 0.2) is 48.5 Å². The van der Waals surface area contributed by atoms with Gasteiger partial charge in [-0.1, -0.05) is 12.1 Å². The molecule has 0 aliphatic rings. The maximum absolute atomic E-state index is 11.6. The molecule has 0 unspecified atom stereocenters. The first-order valence-corrected chi connectivity index (χ1v) is 7.88. The predicted molar refractivity (Wildman–Crippen MR) is 94.6 cm³/mol. The molecule has 6 nitrogen and oxygen atoms in total. The maximum Gasteiger partial charge on any atom is 0.251 e. The van der Waals surface area contributed by atoms with E-state index in [0.29, 0.717) is 18.5 Å². The minimum absolute atomic E-state index is 0.114. The minimum Gasteiger partial charge on any atom is -0.396 e. The number of amides is 1. The first kappa shape index (κ1) is 16.0. The largest absolute Gasteiger partial charge is 0.396 e. The molecule has 0 bridgehead atoms. The molecule has 1 heterocycles. The molecular weight excluding hydrogens is 304 g/mol. The van der Waals surface area contributed by atoms with E-state index in [1.807, 2.05) is 36.4 Å². The van der Waals surface area contributed by atoms with Gasteiger partial charge in [-0.05, 0) is 42.8 Å². The first-order valence-electron chi connectivity index (χ1n) is 7.88. The van der Waals surface area contributed by atoms with E-state index in [2.05, 4.69) is 20.2 Å². The Morgan fingerprint density at radius 3 is 2.62 bits per heavy atom. The number of aromatic nitrogens is 2. The van der Waals surface area contributed by atoms with Crippen LogP contribution < -0.4 is 10.6 Å². The van der Waals surface area contributed by atoms with Crippen molar-refractivity contribution in [2.24, 2.45) is 0 Å². The van der Waals surface area contributed by atoms with Crippen molar-refractivity contribution in [3.05, 3.63) is 54.1 Å². The van der Waals surface area contributed by atoms with Gasteiger partial charge in [0, 0.05) is 31.5 Å². The average molecular weight is 324 g/mol. The average Bonchev–Trinajstić information content (AvgIpc) is 2.97. The van der Waals surface area contributed by atoms with Crippen molar-refractivity contribution in [1.82, 2.24) is 14.9 Å². The number of benzene rings is 2. The van der Waals surface area contributed by atoms with E-state index in [9.17, 15) is 4.79 Å². The molecule has 2 aromatic carbocycles. The van der Waals surface area contributed by atoms with Crippen molar-refractivity contribution < 1.29 is 9.90 Å². The van der Waals surface area contributed by atoms with Crippen molar-refractivity contribution in [2.75, 3.05) is 19.0 Å². The zero-order valence-electron chi connectivity index (χ0n) is 13.5. The molecule has 0 radical (unpaired) electrons. The van der Waals surface area contributed by atoms with Crippen LogP contribution in [0.5, 0.6) is 0 Å². The number of aliphatic hydroxyl groups excluding tert-OH is 1. The Morgan fingerprint density at radius 2 is 1.92 bits per heavy atom. The Morgan fingerprint density at radius 1 is 1.17 bits per heavy atom. The number of carbonyl (C=O) groups excluding carboxylic acids is 1. The van der Waals surface area contributed by atoms with Crippen LogP contribution in [0.1, 0.15) is 16.8 Å². The summed E-state index contributed by atoms with van der Waals surface area (Å²) in [7, 11) is 1.61. The highest BCUT2D eigenvalue weighted by molar-refractivity contribution is 5.94. The van der Waals surface area contributed by atoms with Gasteiger partial charge in [0.25, 0.3) is 5.91 Å². The Kier molecular flexibility index (Phi) is 4.77. The fourth-order valence-corrected chi connectivity index (χ4v) is 2.60. The lowest BCUT2D eigenvalue weighted by Gasteiger charge is -2.10. The molecule has 0 aliphatic heterocycles. The molecule has 0 fully saturated rings. The second-order valence-corrected chi connectivity index (χ2v) is 5.43. The maximum atomic E-state index is 11.6. The third-order valence-electron chi connectivity index (χ3n) is 3.82. The summed E-state index contributed by atoms with van der Waals surface area (Å²) in [5.41, 5.74) is 3.38. The topological polar surface area (TPSA) is 79.2 Å². The number of nitrogens with one attached hydrogen (secondary N) is 2. The van der Waals surface area contributed by atoms with E-state index in [0.717, 1.165) is 22.7 Å². The monoisotopic (exact) mass is 324 g/mol. The van der Waals surface area contributed by atoms with Crippen LogP contribution in [0.2, 0.25) is 0 Å². The number of hydrogen-bond acceptors (Lipinski definition) is 4. The standard InChI is InChI=1S/C18H20N4O2/c1-19-17(24)13-7-9-14(10-8-13)20-18-21-15-5-2-3-6-16(15)22(18)11-4-12-23/h2-3,5-10,23H,4,11-12H2,1H3,(H,19,24)(H,20,21). The quantitative estimate of drug-likeness (QED) is 0.651.